The molecule has 0 spiro atoms. The van der Waals surface area contributed by atoms with E-state index in [2.05, 4.69) is 15.0 Å². The first-order valence-corrected chi connectivity index (χ1v) is 6.29. The van der Waals surface area contributed by atoms with Crippen molar-refractivity contribution in [2.24, 2.45) is 0 Å². The fraction of sp³-hybridized carbons (Fsp3) is 0.750. The maximum atomic E-state index is 11.5. The summed E-state index contributed by atoms with van der Waals surface area (Å²) in [6, 6.07) is 0.934. The van der Waals surface area contributed by atoms with Gasteiger partial charge in [0.25, 0.3) is 0 Å². The highest BCUT2D eigenvalue weighted by Gasteiger charge is 2.39. The summed E-state index contributed by atoms with van der Waals surface area (Å²) in [6.45, 7) is 2.75. The molecule has 5 nitrogen and oxygen atoms in total. The van der Waals surface area contributed by atoms with E-state index in [1.165, 1.54) is 12.8 Å². The Bertz CT molecular complexity index is 413. The zero-order valence-corrected chi connectivity index (χ0v) is 10.1. The first-order valence-electron chi connectivity index (χ1n) is 6.29. The van der Waals surface area contributed by atoms with E-state index in [-0.39, 0.29) is 0 Å². The lowest BCUT2D eigenvalue weighted by molar-refractivity contribution is -0.123. The number of hydrogen-bond donors (Lipinski definition) is 0. The molecule has 1 aromatic heterocycles. The number of Topliss-reactive ketones (excluding diaryl/α,β-unsaturated/α-hetero) is 1. The Morgan fingerprint density at radius 2 is 2.06 bits per heavy atom. The van der Waals surface area contributed by atoms with E-state index < -0.39 is 0 Å². The summed E-state index contributed by atoms with van der Waals surface area (Å²) < 4.78 is 4.96. The van der Waals surface area contributed by atoms with Crippen molar-refractivity contribution in [3.8, 4) is 0 Å². The molecule has 2 aliphatic heterocycles. The summed E-state index contributed by atoms with van der Waals surface area (Å²) in [6.07, 6.45) is 4.63. The number of fused-ring (bicyclic) bond motifs is 2. The third kappa shape index (κ3) is 2.11. The molecule has 0 aromatic carbocycles. The van der Waals surface area contributed by atoms with Gasteiger partial charge < -0.3 is 4.52 Å². The van der Waals surface area contributed by atoms with Gasteiger partial charge in [0, 0.05) is 44.8 Å². The summed E-state index contributed by atoms with van der Waals surface area (Å²) in [5, 5.41) is 3.91. The highest BCUT2D eigenvalue weighted by molar-refractivity contribution is 5.80. The van der Waals surface area contributed by atoms with Crippen molar-refractivity contribution in [2.45, 2.75) is 51.1 Å². The fourth-order valence-corrected chi connectivity index (χ4v) is 3.10. The molecule has 2 saturated heterocycles. The van der Waals surface area contributed by atoms with E-state index in [0.717, 1.165) is 31.6 Å². The van der Waals surface area contributed by atoms with Gasteiger partial charge in [-0.2, -0.15) is 4.98 Å². The van der Waals surface area contributed by atoms with Crippen LogP contribution in [0, 0.1) is 6.92 Å². The standard InChI is InChI=1S/C12H17N3O2/c1-8-13-12(14-17-8)4-5-15-9-2-3-10(15)7-11(16)6-9/h9-10H,2-7H2,1H3. The molecule has 3 heterocycles. The van der Waals surface area contributed by atoms with Gasteiger partial charge in [0.05, 0.1) is 0 Å². The zero-order valence-electron chi connectivity index (χ0n) is 10.1. The van der Waals surface area contributed by atoms with E-state index >= 15 is 0 Å². The van der Waals surface area contributed by atoms with Crippen LogP contribution in [0.2, 0.25) is 0 Å². The van der Waals surface area contributed by atoms with Crippen LogP contribution >= 0.6 is 0 Å². The normalized spacial score (nSPS) is 28.9. The molecule has 2 atom stereocenters. The molecule has 17 heavy (non-hydrogen) atoms. The van der Waals surface area contributed by atoms with E-state index in [1.54, 1.807) is 6.92 Å². The lowest BCUT2D eigenvalue weighted by Gasteiger charge is -2.33. The largest absolute Gasteiger partial charge is 0.340 e. The minimum absolute atomic E-state index is 0.434. The van der Waals surface area contributed by atoms with Gasteiger partial charge in [-0.25, -0.2) is 0 Å². The minimum atomic E-state index is 0.434. The third-order valence-corrected chi connectivity index (χ3v) is 3.86. The van der Waals surface area contributed by atoms with Gasteiger partial charge in [0.2, 0.25) is 5.89 Å². The zero-order chi connectivity index (χ0) is 11.8. The third-order valence-electron chi connectivity index (χ3n) is 3.86. The Morgan fingerprint density at radius 3 is 2.65 bits per heavy atom. The molecule has 0 amide bonds. The number of carbonyl (C=O) groups is 1. The molecule has 92 valence electrons. The van der Waals surface area contributed by atoms with Crippen molar-refractivity contribution >= 4 is 5.78 Å². The molecular weight excluding hydrogens is 218 g/mol. The first kappa shape index (κ1) is 10.9. The van der Waals surface area contributed by atoms with Crippen LogP contribution in [0.3, 0.4) is 0 Å². The first-order chi connectivity index (χ1) is 8.22. The minimum Gasteiger partial charge on any atom is -0.340 e. The maximum Gasteiger partial charge on any atom is 0.223 e. The number of nitrogens with zero attached hydrogens (tertiary/aromatic N) is 3. The average molecular weight is 235 g/mol. The fourth-order valence-electron chi connectivity index (χ4n) is 3.10. The van der Waals surface area contributed by atoms with Crippen LogP contribution in [0.1, 0.15) is 37.4 Å². The number of rotatable bonds is 3. The second kappa shape index (κ2) is 4.22. The Kier molecular flexibility index (Phi) is 2.70. The van der Waals surface area contributed by atoms with Crippen LogP contribution in [0.4, 0.5) is 0 Å². The van der Waals surface area contributed by atoms with Gasteiger partial charge in [-0.3, -0.25) is 9.69 Å². The average Bonchev–Trinajstić information content (AvgIpc) is 2.79. The van der Waals surface area contributed by atoms with Gasteiger partial charge >= 0.3 is 0 Å². The van der Waals surface area contributed by atoms with Gasteiger partial charge in [-0.1, -0.05) is 5.16 Å². The monoisotopic (exact) mass is 235 g/mol. The number of aryl methyl sites for hydroxylation is 1. The SMILES string of the molecule is Cc1nc(CCN2C3CCC2CC(=O)C3)no1. The van der Waals surface area contributed by atoms with Crippen molar-refractivity contribution in [3.63, 3.8) is 0 Å². The molecule has 5 heteroatoms. The highest BCUT2D eigenvalue weighted by atomic mass is 16.5. The van der Waals surface area contributed by atoms with Gasteiger partial charge in [-0.15, -0.1) is 0 Å². The van der Waals surface area contributed by atoms with Crippen molar-refractivity contribution < 1.29 is 9.32 Å². The molecule has 0 saturated carbocycles. The van der Waals surface area contributed by atoms with E-state index in [9.17, 15) is 4.79 Å². The second-order valence-corrected chi connectivity index (χ2v) is 5.05. The Morgan fingerprint density at radius 1 is 1.35 bits per heavy atom. The molecule has 2 unspecified atom stereocenters. The van der Waals surface area contributed by atoms with Crippen molar-refractivity contribution in [1.82, 2.24) is 15.0 Å². The topological polar surface area (TPSA) is 59.2 Å². The maximum absolute atomic E-state index is 11.5. The number of ketones is 1. The summed E-state index contributed by atoms with van der Waals surface area (Å²) in [4.78, 5) is 18.2. The molecule has 2 fully saturated rings. The lowest BCUT2D eigenvalue weighted by atomic mass is 10.0. The Balaban J connectivity index is 1.61. The molecule has 2 bridgehead atoms. The molecule has 3 rings (SSSR count). The molecule has 0 radical (unpaired) electrons. The van der Waals surface area contributed by atoms with Crippen LogP contribution in [0.5, 0.6) is 0 Å². The van der Waals surface area contributed by atoms with E-state index in [4.69, 9.17) is 4.52 Å². The van der Waals surface area contributed by atoms with Gasteiger partial charge in [-0.05, 0) is 12.8 Å². The summed E-state index contributed by atoms with van der Waals surface area (Å²) in [5.41, 5.74) is 0. The summed E-state index contributed by atoms with van der Waals surface area (Å²) in [5.74, 6) is 1.83. The van der Waals surface area contributed by atoms with Gasteiger partial charge in [0.1, 0.15) is 5.78 Å². The van der Waals surface area contributed by atoms with Crippen LogP contribution < -0.4 is 0 Å². The molecule has 0 aliphatic carbocycles. The quantitative estimate of drug-likeness (QED) is 0.785. The number of hydrogen-bond acceptors (Lipinski definition) is 5. The number of piperidine rings is 1. The Hall–Kier alpha value is -1.23. The molecular formula is C12H17N3O2. The van der Waals surface area contributed by atoms with E-state index in [1.807, 2.05) is 0 Å². The predicted molar refractivity (Wildman–Crippen MR) is 60.5 cm³/mol. The van der Waals surface area contributed by atoms with Crippen molar-refractivity contribution in [2.75, 3.05) is 6.54 Å². The van der Waals surface area contributed by atoms with E-state index in [0.29, 0.717) is 23.8 Å². The van der Waals surface area contributed by atoms with Crippen molar-refractivity contribution in [3.05, 3.63) is 11.7 Å². The van der Waals surface area contributed by atoms with Crippen LogP contribution in [0.25, 0.3) is 0 Å². The van der Waals surface area contributed by atoms with Crippen LogP contribution in [0.15, 0.2) is 4.52 Å². The smallest absolute Gasteiger partial charge is 0.223 e. The molecule has 2 aliphatic rings. The van der Waals surface area contributed by atoms with Gasteiger partial charge in [0.15, 0.2) is 5.82 Å². The van der Waals surface area contributed by atoms with Crippen molar-refractivity contribution in [1.29, 1.82) is 0 Å². The summed E-state index contributed by atoms with van der Waals surface area (Å²) >= 11 is 0. The highest BCUT2D eigenvalue weighted by Crippen LogP contribution is 2.33. The lowest BCUT2D eigenvalue weighted by Crippen LogP contribution is -2.44. The molecule has 1 aromatic rings. The predicted octanol–water partition coefficient (Wildman–Crippen LogP) is 1.12. The summed E-state index contributed by atoms with van der Waals surface area (Å²) in [7, 11) is 0. The second-order valence-electron chi connectivity index (χ2n) is 5.05. The number of carbonyl (C=O) groups excluding carboxylic acids is 1. The number of aromatic nitrogens is 2. The Labute approximate surface area is 100 Å². The van der Waals surface area contributed by atoms with Crippen LogP contribution in [-0.4, -0.2) is 39.5 Å². The van der Waals surface area contributed by atoms with Crippen LogP contribution in [-0.2, 0) is 11.2 Å². The molecule has 0 N–H and O–H groups in total.